The summed E-state index contributed by atoms with van der Waals surface area (Å²) in [6.07, 6.45) is 3.49. The van der Waals surface area contributed by atoms with E-state index in [0.29, 0.717) is 35.1 Å². The highest BCUT2D eigenvalue weighted by atomic mass is 19.1. The number of hydrogen-bond acceptors (Lipinski definition) is 7. The number of ether oxygens (including phenoxy) is 1. The van der Waals surface area contributed by atoms with Gasteiger partial charge in [-0.25, -0.2) is 23.3 Å². The topological polar surface area (TPSA) is 111 Å². The second kappa shape index (κ2) is 12.5. The molecule has 3 aromatic carbocycles. The lowest BCUT2D eigenvalue weighted by molar-refractivity contribution is 0.0992. The second-order valence-electron chi connectivity index (χ2n) is 10.6. The van der Waals surface area contributed by atoms with Crippen molar-refractivity contribution < 1.29 is 18.3 Å². The van der Waals surface area contributed by atoms with Crippen LogP contribution < -0.4 is 15.8 Å². The van der Waals surface area contributed by atoms with E-state index in [4.69, 9.17) is 20.6 Å². The van der Waals surface area contributed by atoms with Crippen molar-refractivity contribution in [3.63, 3.8) is 0 Å². The van der Waals surface area contributed by atoms with E-state index in [1.165, 1.54) is 6.07 Å². The number of carbonyl (C=O) groups is 1. The Hall–Kier alpha value is -5.68. The van der Waals surface area contributed by atoms with Crippen LogP contribution in [0, 0.1) is 11.6 Å². The van der Waals surface area contributed by atoms with Gasteiger partial charge in [0.2, 0.25) is 5.95 Å². The van der Waals surface area contributed by atoms with E-state index in [1.807, 2.05) is 73.7 Å². The number of likely N-dealkylation sites (N-methyl/N-ethyl adjacent to an activating group) is 1. The first kappa shape index (κ1) is 29.4. The number of nitrogens with zero attached hydrogens (tertiary/aromatic N) is 5. The van der Waals surface area contributed by atoms with E-state index in [9.17, 15) is 9.18 Å². The molecule has 0 unspecified atom stereocenters. The standard InChI is InChI=1S/C34H29F2N7O2/c1-42(2)17-18-45-24-10-6-9-23(20-24)39-34-38-15-14-27(40-34)30-28-11-3-4-16-43(28)41-32(30)22-8-5-7-21(19-22)25-12-13-26(35)29(31(25)36)33(37)44/h3-16,19-20H,17-18H2,1-2H3,(H2,37,44)(H,38,39,40). The molecule has 0 aliphatic heterocycles. The largest absolute Gasteiger partial charge is 0.492 e. The van der Waals surface area contributed by atoms with E-state index in [-0.39, 0.29) is 5.56 Å². The minimum atomic E-state index is -1.18. The number of benzene rings is 3. The highest BCUT2D eigenvalue weighted by Crippen LogP contribution is 2.37. The molecule has 3 N–H and O–H groups in total. The molecule has 0 saturated heterocycles. The van der Waals surface area contributed by atoms with Gasteiger partial charge < -0.3 is 20.7 Å². The van der Waals surface area contributed by atoms with Gasteiger partial charge in [-0.1, -0.05) is 30.3 Å². The number of carbonyl (C=O) groups excluding carboxylic acids is 1. The Bertz CT molecular complexity index is 2030. The van der Waals surface area contributed by atoms with Gasteiger partial charge in [-0.3, -0.25) is 4.79 Å². The third kappa shape index (κ3) is 6.20. The van der Waals surface area contributed by atoms with Crippen molar-refractivity contribution in [3.8, 4) is 39.4 Å². The van der Waals surface area contributed by atoms with Crippen LogP contribution in [0.25, 0.3) is 39.2 Å². The Kier molecular flexibility index (Phi) is 8.17. The zero-order valence-electron chi connectivity index (χ0n) is 24.5. The number of nitrogens with one attached hydrogen (secondary N) is 1. The summed E-state index contributed by atoms with van der Waals surface area (Å²) in [7, 11) is 3.98. The smallest absolute Gasteiger partial charge is 0.254 e. The number of pyridine rings is 1. The van der Waals surface area contributed by atoms with Crippen LogP contribution in [-0.2, 0) is 0 Å². The number of anilines is 2. The average molecular weight is 606 g/mol. The number of fused-ring (bicyclic) bond motifs is 1. The van der Waals surface area contributed by atoms with Gasteiger partial charge in [-0.05, 0) is 68.2 Å². The number of nitrogens with two attached hydrogens (primary N) is 1. The first-order valence-electron chi connectivity index (χ1n) is 14.1. The summed E-state index contributed by atoms with van der Waals surface area (Å²) in [5, 5.41) is 8.09. The van der Waals surface area contributed by atoms with Gasteiger partial charge in [0.05, 0.1) is 16.8 Å². The molecule has 226 valence electrons. The summed E-state index contributed by atoms with van der Waals surface area (Å²) >= 11 is 0. The van der Waals surface area contributed by atoms with E-state index in [0.717, 1.165) is 35.1 Å². The summed E-state index contributed by atoms with van der Waals surface area (Å²) in [5.41, 5.74) is 9.08. The van der Waals surface area contributed by atoms with Gasteiger partial charge in [0, 0.05) is 41.8 Å². The Morgan fingerprint density at radius 1 is 0.978 bits per heavy atom. The maximum Gasteiger partial charge on any atom is 0.254 e. The van der Waals surface area contributed by atoms with Crippen molar-refractivity contribution in [2.75, 3.05) is 32.6 Å². The van der Waals surface area contributed by atoms with E-state index in [2.05, 4.69) is 10.3 Å². The number of amides is 1. The van der Waals surface area contributed by atoms with Crippen molar-refractivity contribution in [3.05, 3.63) is 115 Å². The predicted molar refractivity (Wildman–Crippen MR) is 169 cm³/mol. The van der Waals surface area contributed by atoms with E-state index >= 15 is 4.39 Å². The number of rotatable bonds is 10. The summed E-state index contributed by atoms with van der Waals surface area (Å²) in [6.45, 7) is 1.35. The van der Waals surface area contributed by atoms with Crippen molar-refractivity contribution >= 4 is 23.1 Å². The first-order chi connectivity index (χ1) is 21.8. The van der Waals surface area contributed by atoms with Crippen molar-refractivity contribution in [1.29, 1.82) is 0 Å². The molecule has 0 bridgehead atoms. The van der Waals surface area contributed by atoms with Crippen LogP contribution in [0.2, 0.25) is 0 Å². The fourth-order valence-corrected chi connectivity index (χ4v) is 4.99. The zero-order chi connectivity index (χ0) is 31.5. The maximum atomic E-state index is 15.3. The Labute approximate surface area is 257 Å². The zero-order valence-corrected chi connectivity index (χ0v) is 24.5. The number of hydrogen-bond donors (Lipinski definition) is 2. The Balaban J connectivity index is 1.38. The van der Waals surface area contributed by atoms with Crippen molar-refractivity contribution in [2.45, 2.75) is 0 Å². The van der Waals surface area contributed by atoms with Crippen molar-refractivity contribution in [2.24, 2.45) is 5.73 Å². The monoisotopic (exact) mass is 605 g/mol. The predicted octanol–water partition coefficient (Wildman–Crippen LogP) is 6.19. The molecule has 6 rings (SSSR count). The van der Waals surface area contributed by atoms with Crippen LogP contribution in [0.15, 0.2) is 97.3 Å². The number of aromatic nitrogens is 4. The molecule has 11 heteroatoms. The van der Waals surface area contributed by atoms with Gasteiger partial charge in [0.15, 0.2) is 0 Å². The van der Waals surface area contributed by atoms with Crippen LogP contribution in [-0.4, -0.2) is 57.6 Å². The van der Waals surface area contributed by atoms with Crippen LogP contribution >= 0.6 is 0 Å². The molecule has 0 atom stereocenters. The lowest BCUT2D eigenvalue weighted by Crippen LogP contribution is -2.19. The lowest BCUT2D eigenvalue weighted by Gasteiger charge is -2.12. The highest BCUT2D eigenvalue weighted by molar-refractivity contribution is 5.95. The minimum Gasteiger partial charge on any atom is -0.492 e. The summed E-state index contributed by atoms with van der Waals surface area (Å²) < 4.78 is 37.1. The second-order valence-corrected chi connectivity index (χ2v) is 10.6. The van der Waals surface area contributed by atoms with Gasteiger partial charge in [0.25, 0.3) is 5.91 Å². The van der Waals surface area contributed by atoms with Crippen LogP contribution in [0.5, 0.6) is 5.75 Å². The van der Waals surface area contributed by atoms with Gasteiger partial charge in [0.1, 0.15) is 35.2 Å². The third-order valence-electron chi connectivity index (χ3n) is 7.13. The summed E-state index contributed by atoms with van der Waals surface area (Å²) in [5.74, 6) is -2.11. The minimum absolute atomic E-state index is 0.0406. The van der Waals surface area contributed by atoms with Crippen LogP contribution in [0.1, 0.15) is 10.4 Å². The Morgan fingerprint density at radius 2 is 1.80 bits per heavy atom. The third-order valence-corrected chi connectivity index (χ3v) is 7.13. The van der Waals surface area contributed by atoms with Crippen LogP contribution in [0.3, 0.4) is 0 Å². The molecule has 3 heterocycles. The van der Waals surface area contributed by atoms with E-state index in [1.54, 1.807) is 35.0 Å². The average Bonchev–Trinajstić information content (AvgIpc) is 3.41. The first-order valence-corrected chi connectivity index (χ1v) is 14.1. The normalized spacial score (nSPS) is 11.2. The summed E-state index contributed by atoms with van der Waals surface area (Å²) in [4.78, 5) is 23.0. The number of halogens is 2. The van der Waals surface area contributed by atoms with Crippen molar-refractivity contribution in [1.82, 2.24) is 24.5 Å². The molecule has 45 heavy (non-hydrogen) atoms. The molecule has 0 fully saturated rings. The Morgan fingerprint density at radius 3 is 2.62 bits per heavy atom. The molecular weight excluding hydrogens is 576 g/mol. The fourth-order valence-electron chi connectivity index (χ4n) is 4.99. The molecule has 0 saturated carbocycles. The van der Waals surface area contributed by atoms with Gasteiger partial charge in [-0.2, -0.15) is 5.10 Å². The maximum absolute atomic E-state index is 15.3. The molecule has 0 spiro atoms. The van der Waals surface area contributed by atoms with E-state index < -0.39 is 23.1 Å². The molecule has 0 aliphatic rings. The molecule has 3 aromatic heterocycles. The summed E-state index contributed by atoms with van der Waals surface area (Å²) in [6, 6.07) is 24.4. The molecule has 1 amide bonds. The molecule has 0 aliphatic carbocycles. The van der Waals surface area contributed by atoms with Gasteiger partial charge in [-0.15, -0.1) is 0 Å². The lowest BCUT2D eigenvalue weighted by atomic mass is 9.97. The quantitative estimate of drug-likeness (QED) is 0.192. The SMILES string of the molecule is CN(C)CCOc1cccc(Nc2nccc(-c3c(-c4cccc(-c5ccc(F)c(C(N)=O)c5F)c4)nn4ccccc34)n2)c1. The highest BCUT2D eigenvalue weighted by Gasteiger charge is 2.22. The molecule has 0 radical (unpaired) electrons. The molecular formula is C34H29F2N7O2. The molecule has 6 aromatic rings. The number of primary amides is 1. The molecule has 9 nitrogen and oxygen atoms in total. The fraction of sp³-hybridized carbons (Fsp3) is 0.118. The van der Waals surface area contributed by atoms with Gasteiger partial charge >= 0.3 is 0 Å². The van der Waals surface area contributed by atoms with Crippen LogP contribution in [0.4, 0.5) is 20.4 Å².